The number of hydrogen-bond acceptors (Lipinski definition) is 4. The van der Waals surface area contributed by atoms with Gasteiger partial charge in [-0.3, -0.25) is 4.79 Å². The van der Waals surface area contributed by atoms with Crippen LogP contribution >= 0.6 is 0 Å². The minimum atomic E-state index is -3.70. The van der Waals surface area contributed by atoms with Crippen molar-refractivity contribution in [2.75, 3.05) is 7.05 Å². The summed E-state index contributed by atoms with van der Waals surface area (Å²) in [7, 11) is -2.13. The zero-order valence-electron chi connectivity index (χ0n) is 16.8. The van der Waals surface area contributed by atoms with Gasteiger partial charge in [-0.15, -0.1) is 0 Å². The van der Waals surface area contributed by atoms with Gasteiger partial charge >= 0.3 is 5.97 Å². The van der Waals surface area contributed by atoms with E-state index in [4.69, 9.17) is 4.74 Å². The Morgan fingerprint density at radius 2 is 1.40 bits per heavy atom. The van der Waals surface area contributed by atoms with E-state index < -0.39 is 21.2 Å². The van der Waals surface area contributed by atoms with Gasteiger partial charge in [0.1, 0.15) is 11.0 Å². The minimum Gasteiger partial charge on any atom is -0.427 e. The van der Waals surface area contributed by atoms with Gasteiger partial charge in [-0.2, -0.15) is 0 Å². The SMILES string of the molecule is CN(Cc1ccccc1)S(=O)(=O)C(CCC(=O)Oc1ccccc1)c1ccccc1. The Balaban J connectivity index is 1.75. The van der Waals surface area contributed by atoms with Crippen LogP contribution in [-0.4, -0.2) is 25.7 Å². The normalized spacial score (nSPS) is 12.5. The quantitative estimate of drug-likeness (QED) is 0.373. The van der Waals surface area contributed by atoms with Crippen LogP contribution in [0.2, 0.25) is 0 Å². The number of hydrogen-bond donors (Lipinski definition) is 0. The van der Waals surface area contributed by atoms with Crippen LogP contribution in [0.1, 0.15) is 29.2 Å². The molecule has 0 N–H and O–H groups in total. The molecular formula is C24H25NO4S. The lowest BCUT2D eigenvalue weighted by molar-refractivity contribution is -0.134. The summed E-state index contributed by atoms with van der Waals surface area (Å²) < 4.78 is 33.4. The van der Waals surface area contributed by atoms with Crippen molar-refractivity contribution in [3.8, 4) is 5.75 Å². The molecule has 0 aliphatic carbocycles. The number of rotatable bonds is 9. The molecule has 0 saturated carbocycles. The third-order valence-corrected chi connectivity index (χ3v) is 7.02. The Labute approximate surface area is 178 Å². The fraction of sp³-hybridized carbons (Fsp3) is 0.208. The van der Waals surface area contributed by atoms with Gasteiger partial charge in [-0.25, -0.2) is 12.7 Å². The number of para-hydroxylation sites is 1. The van der Waals surface area contributed by atoms with Crippen molar-refractivity contribution in [3.63, 3.8) is 0 Å². The summed E-state index contributed by atoms with van der Waals surface area (Å²) in [5.74, 6) is -0.00847. The summed E-state index contributed by atoms with van der Waals surface area (Å²) >= 11 is 0. The Morgan fingerprint density at radius 1 is 0.867 bits per heavy atom. The van der Waals surface area contributed by atoms with Crippen LogP contribution in [0, 0.1) is 0 Å². The van der Waals surface area contributed by atoms with E-state index in [0.717, 1.165) is 5.56 Å². The van der Waals surface area contributed by atoms with Gasteiger partial charge in [0.25, 0.3) is 0 Å². The van der Waals surface area contributed by atoms with Crippen molar-refractivity contribution < 1.29 is 17.9 Å². The first-order valence-electron chi connectivity index (χ1n) is 9.76. The highest BCUT2D eigenvalue weighted by Crippen LogP contribution is 2.30. The Kier molecular flexibility index (Phi) is 7.38. The Bertz CT molecular complexity index is 1040. The first-order valence-corrected chi connectivity index (χ1v) is 11.3. The molecule has 0 fully saturated rings. The van der Waals surface area contributed by atoms with E-state index in [1.165, 1.54) is 4.31 Å². The molecule has 30 heavy (non-hydrogen) atoms. The molecular weight excluding hydrogens is 398 g/mol. The molecule has 3 aromatic rings. The lowest BCUT2D eigenvalue weighted by Gasteiger charge is -2.25. The molecule has 0 saturated heterocycles. The van der Waals surface area contributed by atoms with E-state index in [9.17, 15) is 13.2 Å². The molecule has 0 amide bonds. The van der Waals surface area contributed by atoms with Gasteiger partial charge in [0.05, 0.1) is 0 Å². The van der Waals surface area contributed by atoms with Crippen LogP contribution < -0.4 is 4.74 Å². The van der Waals surface area contributed by atoms with Crippen LogP contribution in [0.4, 0.5) is 0 Å². The summed E-state index contributed by atoms with van der Waals surface area (Å²) in [6.07, 6.45) is 0.129. The highest BCUT2D eigenvalue weighted by molar-refractivity contribution is 7.89. The predicted octanol–water partition coefficient (Wildman–Crippen LogP) is 4.58. The van der Waals surface area contributed by atoms with Crippen molar-refractivity contribution in [1.82, 2.24) is 4.31 Å². The highest BCUT2D eigenvalue weighted by Gasteiger charge is 2.31. The van der Waals surface area contributed by atoms with Crippen molar-refractivity contribution in [1.29, 1.82) is 0 Å². The summed E-state index contributed by atoms with van der Waals surface area (Å²) in [6, 6.07) is 27.2. The zero-order chi connectivity index (χ0) is 21.4. The third kappa shape index (κ3) is 5.78. The molecule has 0 heterocycles. The smallest absolute Gasteiger partial charge is 0.311 e. The maximum atomic E-state index is 13.4. The molecule has 0 aliphatic heterocycles. The first-order chi connectivity index (χ1) is 14.5. The number of carbonyl (C=O) groups excluding carboxylic acids is 1. The number of esters is 1. The van der Waals surface area contributed by atoms with Gasteiger partial charge in [0.2, 0.25) is 10.0 Å². The van der Waals surface area contributed by atoms with E-state index in [0.29, 0.717) is 11.3 Å². The molecule has 3 rings (SSSR count). The fourth-order valence-electron chi connectivity index (χ4n) is 3.22. The average Bonchev–Trinajstić information content (AvgIpc) is 2.76. The van der Waals surface area contributed by atoms with Crippen molar-refractivity contribution in [3.05, 3.63) is 102 Å². The monoisotopic (exact) mass is 423 g/mol. The van der Waals surface area contributed by atoms with Crippen LogP contribution in [0.15, 0.2) is 91.0 Å². The number of nitrogens with zero attached hydrogens (tertiary/aromatic N) is 1. The van der Waals surface area contributed by atoms with E-state index in [1.807, 2.05) is 42.5 Å². The number of ether oxygens (including phenoxy) is 1. The van der Waals surface area contributed by atoms with Crippen LogP contribution in [-0.2, 0) is 21.4 Å². The maximum absolute atomic E-state index is 13.4. The van der Waals surface area contributed by atoms with Gasteiger partial charge in [0, 0.05) is 20.0 Å². The summed E-state index contributed by atoms with van der Waals surface area (Å²) in [5.41, 5.74) is 1.56. The van der Waals surface area contributed by atoms with Gasteiger partial charge in [-0.05, 0) is 29.7 Å². The molecule has 1 atom stereocenters. The Hall–Kier alpha value is -2.96. The number of sulfonamides is 1. The number of carbonyl (C=O) groups is 1. The topological polar surface area (TPSA) is 63.7 Å². The lowest BCUT2D eigenvalue weighted by atomic mass is 10.1. The van der Waals surface area contributed by atoms with E-state index in [-0.39, 0.29) is 19.4 Å². The lowest BCUT2D eigenvalue weighted by Crippen LogP contribution is -2.31. The van der Waals surface area contributed by atoms with Crippen molar-refractivity contribution in [2.24, 2.45) is 0 Å². The third-order valence-electron chi connectivity index (χ3n) is 4.80. The molecule has 0 radical (unpaired) electrons. The molecule has 0 aliphatic rings. The minimum absolute atomic E-state index is 0.00708. The van der Waals surface area contributed by atoms with Crippen molar-refractivity contribution in [2.45, 2.75) is 24.6 Å². The average molecular weight is 424 g/mol. The van der Waals surface area contributed by atoms with Crippen molar-refractivity contribution >= 4 is 16.0 Å². The molecule has 0 spiro atoms. The predicted molar refractivity (Wildman–Crippen MR) is 117 cm³/mol. The standard InChI is InChI=1S/C24H25NO4S/c1-25(19-20-11-5-2-6-12-20)30(27,28)23(21-13-7-3-8-14-21)17-18-24(26)29-22-15-9-4-10-16-22/h2-16,23H,17-19H2,1H3. The van der Waals surface area contributed by atoms with Crippen LogP contribution in [0.3, 0.4) is 0 Å². The molecule has 5 nitrogen and oxygen atoms in total. The Morgan fingerprint density at radius 3 is 2.00 bits per heavy atom. The zero-order valence-corrected chi connectivity index (χ0v) is 17.7. The molecule has 6 heteroatoms. The molecule has 1 unspecified atom stereocenters. The molecule has 3 aromatic carbocycles. The molecule has 156 valence electrons. The second kappa shape index (κ2) is 10.2. The van der Waals surface area contributed by atoms with Gasteiger partial charge < -0.3 is 4.74 Å². The highest BCUT2D eigenvalue weighted by atomic mass is 32.2. The summed E-state index contributed by atoms with van der Waals surface area (Å²) in [5, 5.41) is -0.837. The van der Waals surface area contributed by atoms with E-state index in [2.05, 4.69) is 0 Å². The van der Waals surface area contributed by atoms with Crippen LogP contribution in [0.25, 0.3) is 0 Å². The van der Waals surface area contributed by atoms with E-state index in [1.54, 1.807) is 55.6 Å². The summed E-state index contributed by atoms with van der Waals surface area (Å²) in [4.78, 5) is 12.3. The summed E-state index contributed by atoms with van der Waals surface area (Å²) in [6.45, 7) is 0.265. The second-order valence-corrected chi connectivity index (χ2v) is 9.23. The van der Waals surface area contributed by atoms with Gasteiger partial charge in [0.15, 0.2) is 0 Å². The fourth-order valence-corrected chi connectivity index (χ4v) is 4.90. The van der Waals surface area contributed by atoms with E-state index >= 15 is 0 Å². The van der Waals surface area contributed by atoms with Crippen LogP contribution in [0.5, 0.6) is 5.75 Å². The largest absolute Gasteiger partial charge is 0.427 e. The first kappa shape index (κ1) is 21.7. The number of benzene rings is 3. The molecule has 0 aromatic heterocycles. The van der Waals surface area contributed by atoms with Gasteiger partial charge in [-0.1, -0.05) is 78.9 Å². The second-order valence-electron chi connectivity index (χ2n) is 7.01. The maximum Gasteiger partial charge on any atom is 0.311 e. The molecule has 0 bridgehead atoms.